The van der Waals surface area contributed by atoms with Crippen LogP contribution >= 0.6 is 0 Å². The van der Waals surface area contributed by atoms with E-state index >= 15 is 0 Å². The van der Waals surface area contributed by atoms with Gasteiger partial charge < -0.3 is 5.32 Å². The lowest BCUT2D eigenvalue weighted by Crippen LogP contribution is -2.34. The third-order valence-electron chi connectivity index (χ3n) is 6.08. The average molecular weight is 353 g/mol. The lowest BCUT2D eigenvalue weighted by Gasteiger charge is -2.34. The van der Waals surface area contributed by atoms with Gasteiger partial charge in [0.1, 0.15) is 5.82 Å². The molecule has 0 amide bonds. The number of likely N-dealkylation sites (tertiary alicyclic amines) is 1. The fraction of sp³-hybridized carbons (Fsp3) is 0.591. The Hall–Kier alpha value is -1.81. The number of anilines is 1. The zero-order valence-corrected chi connectivity index (χ0v) is 16.5. The maximum atomic E-state index is 5.23. The largest absolute Gasteiger partial charge is 0.370 e. The van der Waals surface area contributed by atoms with Gasteiger partial charge in [0.15, 0.2) is 0 Å². The smallest absolute Gasteiger partial charge is 0.133 e. The van der Waals surface area contributed by atoms with Gasteiger partial charge in [0, 0.05) is 12.1 Å². The quantitative estimate of drug-likeness (QED) is 0.862. The second kappa shape index (κ2) is 7.43. The van der Waals surface area contributed by atoms with Crippen molar-refractivity contribution >= 4 is 5.82 Å². The van der Waals surface area contributed by atoms with Crippen molar-refractivity contribution in [2.24, 2.45) is 0 Å². The molecular formula is C22H32N4. The van der Waals surface area contributed by atoms with Crippen molar-refractivity contribution in [1.29, 1.82) is 0 Å². The molecule has 2 aromatic rings. The van der Waals surface area contributed by atoms with Gasteiger partial charge in [-0.2, -0.15) is 5.10 Å². The summed E-state index contributed by atoms with van der Waals surface area (Å²) in [6.45, 7) is 10.0. The first-order valence-corrected chi connectivity index (χ1v) is 10.4. The van der Waals surface area contributed by atoms with E-state index in [4.69, 9.17) is 5.10 Å². The summed E-state index contributed by atoms with van der Waals surface area (Å²) in [5.74, 6) is 1.24. The molecule has 4 nitrogen and oxygen atoms in total. The number of hydrogen-bond acceptors (Lipinski definition) is 3. The van der Waals surface area contributed by atoms with Gasteiger partial charge in [-0.05, 0) is 70.7 Å². The topological polar surface area (TPSA) is 33.1 Å². The highest BCUT2D eigenvalue weighted by molar-refractivity contribution is 5.57. The molecule has 26 heavy (non-hydrogen) atoms. The summed E-state index contributed by atoms with van der Waals surface area (Å²) in [6, 6.07) is 7.17. The van der Waals surface area contributed by atoms with E-state index in [1.54, 1.807) is 0 Å². The summed E-state index contributed by atoms with van der Waals surface area (Å²) in [7, 11) is 0. The average Bonchev–Trinajstić information content (AvgIpc) is 2.83. The maximum absolute atomic E-state index is 5.23. The Morgan fingerprint density at radius 1 is 1.15 bits per heavy atom. The van der Waals surface area contributed by atoms with E-state index in [1.807, 2.05) is 0 Å². The van der Waals surface area contributed by atoms with Crippen LogP contribution in [0.15, 0.2) is 18.2 Å². The first-order valence-electron chi connectivity index (χ1n) is 10.4. The number of aryl methyl sites for hydroxylation is 2. The predicted octanol–water partition coefficient (Wildman–Crippen LogP) is 4.78. The molecule has 1 fully saturated rings. The lowest BCUT2D eigenvalue weighted by atomic mass is 9.95. The Bertz CT molecular complexity index is 777. The van der Waals surface area contributed by atoms with Crippen LogP contribution < -0.4 is 5.32 Å². The van der Waals surface area contributed by atoms with Gasteiger partial charge in [-0.1, -0.05) is 31.0 Å². The van der Waals surface area contributed by atoms with Crippen LogP contribution in [0.3, 0.4) is 0 Å². The van der Waals surface area contributed by atoms with Crippen molar-refractivity contribution in [3.8, 4) is 5.69 Å². The second-order valence-corrected chi connectivity index (χ2v) is 7.94. The van der Waals surface area contributed by atoms with Gasteiger partial charge in [0.25, 0.3) is 0 Å². The van der Waals surface area contributed by atoms with Crippen LogP contribution in [-0.2, 0) is 6.42 Å². The van der Waals surface area contributed by atoms with Crippen molar-refractivity contribution in [1.82, 2.24) is 14.7 Å². The lowest BCUT2D eigenvalue weighted by molar-refractivity contribution is 0.152. The summed E-state index contributed by atoms with van der Waals surface area (Å²) < 4.78 is 2.20. The van der Waals surface area contributed by atoms with Crippen LogP contribution in [0.2, 0.25) is 0 Å². The summed E-state index contributed by atoms with van der Waals surface area (Å²) in [6.07, 6.45) is 7.52. The van der Waals surface area contributed by atoms with Gasteiger partial charge in [-0.15, -0.1) is 0 Å². The molecule has 4 rings (SSSR count). The Labute approximate surface area is 157 Å². The van der Waals surface area contributed by atoms with Crippen molar-refractivity contribution in [2.75, 3.05) is 25.0 Å². The van der Waals surface area contributed by atoms with Crippen molar-refractivity contribution in [2.45, 2.75) is 65.3 Å². The van der Waals surface area contributed by atoms with Gasteiger partial charge in [0.2, 0.25) is 0 Å². The Morgan fingerprint density at radius 2 is 2.04 bits per heavy atom. The molecular weight excluding hydrogens is 320 g/mol. The number of fused-ring (bicyclic) bond motifs is 1. The minimum atomic E-state index is 0.481. The zero-order chi connectivity index (χ0) is 18.1. The second-order valence-electron chi connectivity index (χ2n) is 7.94. The van der Waals surface area contributed by atoms with E-state index in [0.717, 1.165) is 19.5 Å². The molecule has 1 unspecified atom stereocenters. The van der Waals surface area contributed by atoms with Crippen LogP contribution in [-0.4, -0.2) is 34.3 Å². The highest BCUT2D eigenvalue weighted by Crippen LogP contribution is 2.37. The number of piperidine rings is 1. The SMILES string of the molecule is CCN1CCCCC1c1nn(-c2ccc(C)cc2C)c2c1CCCCN2. The first-order chi connectivity index (χ1) is 12.7. The number of rotatable bonds is 3. The zero-order valence-electron chi connectivity index (χ0n) is 16.5. The van der Waals surface area contributed by atoms with Crippen molar-refractivity contribution < 1.29 is 0 Å². The van der Waals surface area contributed by atoms with Crippen LogP contribution in [0.5, 0.6) is 0 Å². The molecule has 0 aliphatic carbocycles. The van der Waals surface area contributed by atoms with Crippen LogP contribution in [0.1, 0.15) is 67.5 Å². The van der Waals surface area contributed by atoms with E-state index in [9.17, 15) is 0 Å². The molecule has 3 heterocycles. The monoisotopic (exact) mass is 352 g/mol. The standard InChI is InChI=1S/C22H32N4/c1-4-25-14-8-6-10-20(25)21-18-9-5-7-13-23-22(18)26(24-21)19-12-11-16(2)15-17(19)3/h11-12,15,20,23H,4-10,13-14H2,1-3H3. The fourth-order valence-corrected chi connectivity index (χ4v) is 4.69. The Kier molecular flexibility index (Phi) is 5.03. The fourth-order valence-electron chi connectivity index (χ4n) is 4.69. The van der Waals surface area contributed by atoms with E-state index in [-0.39, 0.29) is 0 Å². The predicted molar refractivity (Wildman–Crippen MR) is 108 cm³/mol. The van der Waals surface area contributed by atoms with Crippen molar-refractivity contribution in [3.05, 3.63) is 40.6 Å². The third-order valence-corrected chi connectivity index (χ3v) is 6.08. The van der Waals surface area contributed by atoms with E-state index in [1.165, 1.54) is 72.5 Å². The van der Waals surface area contributed by atoms with Crippen LogP contribution in [0.4, 0.5) is 5.82 Å². The molecule has 140 valence electrons. The van der Waals surface area contributed by atoms with E-state index in [2.05, 4.69) is 53.9 Å². The number of hydrogen-bond donors (Lipinski definition) is 1. The van der Waals surface area contributed by atoms with E-state index in [0.29, 0.717) is 6.04 Å². The normalized spacial score (nSPS) is 21.1. The van der Waals surface area contributed by atoms with Crippen LogP contribution in [0, 0.1) is 13.8 Å². The summed E-state index contributed by atoms with van der Waals surface area (Å²) in [5.41, 5.74) is 6.61. The molecule has 0 bridgehead atoms. The first kappa shape index (κ1) is 17.6. The number of nitrogens with zero attached hydrogens (tertiary/aromatic N) is 3. The number of aromatic nitrogens is 2. The molecule has 1 atom stereocenters. The van der Waals surface area contributed by atoms with Crippen LogP contribution in [0.25, 0.3) is 5.69 Å². The van der Waals surface area contributed by atoms with Crippen molar-refractivity contribution in [3.63, 3.8) is 0 Å². The molecule has 1 aromatic carbocycles. The highest BCUT2D eigenvalue weighted by atomic mass is 15.4. The Balaban J connectivity index is 1.83. The Morgan fingerprint density at radius 3 is 2.85 bits per heavy atom. The maximum Gasteiger partial charge on any atom is 0.133 e. The van der Waals surface area contributed by atoms with Gasteiger partial charge >= 0.3 is 0 Å². The summed E-state index contributed by atoms with van der Waals surface area (Å²) in [5, 5.41) is 8.94. The minimum Gasteiger partial charge on any atom is -0.370 e. The molecule has 0 saturated carbocycles. The van der Waals surface area contributed by atoms with Gasteiger partial charge in [-0.3, -0.25) is 4.90 Å². The molecule has 2 aliphatic heterocycles. The molecule has 4 heteroatoms. The van der Waals surface area contributed by atoms with E-state index < -0.39 is 0 Å². The molecule has 1 N–H and O–H groups in total. The molecule has 1 aromatic heterocycles. The number of nitrogens with one attached hydrogen (secondary N) is 1. The summed E-state index contributed by atoms with van der Waals surface area (Å²) >= 11 is 0. The van der Waals surface area contributed by atoms with Gasteiger partial charge in [-0.25, -0.2) is 4.68 Å². The molecule has 0 radical (unpaired) electrons. The minimum absolute atomic E-state index is 0.481. The number of benzene rings is 1. The summed E-state index contributed by atoms with van der Waals surface area (Å²) in [4.78, 5) is 2.63. The van der Waals surface area contributed by atoms with Gasteiger partial charge in [0.05, 0.1) is 17.4 Å². The molecule has 2 aliphatic rings. The molecule has 1 saturated heterocycles. The highest BCUT2D eigenvalue weighted by Gasteiger charge is 2.31. The third kappa shape index (κ3) is 3.16. The molecule has 0 spiro atoms.